The van der Waals surface area contributed by atoms with Crippen molar-refractivity contribution in [3.63, 3.8) is 0 Å². The molecule has 1 saturated carbocycles. The quantitative estimate of drug-likeness (QED) is 0.839. The molecule has 0 radical (unpaired) electrons. The van der Waals surface area contributed by atoms with Crippen LogP contribution in [0.2, 0.25) is 0 Å². The minimum atomic E-state index is -0.236. The molecule has 0 amide bonds. The highest BCUT2D eigenvalue weighted by atomic mass is 15.1. The van der Waals surface area contributed by atoms with Crippen LogP contribution in [0.5, 0.6) is 0 Å². The number of rotatable bonds is 5. The standard InChI is InChI=1S/C17H31N3/c1-4-19-17(13-18)10-5-7-15(17)8-12-20-11-6-9-16(2,3)14-20/h15,19H,4-12,14H2,1-3H3. The lowest BCUT2D eigenvalue weighted by Crippen LogP contribution is -2.48. The van der Waals surface area contributed by atoms with Crippen molar-refractivity contribution in [2.24, 2.45) is 11.3 Å². The highest BCUT2D eigenvalue weighted by Crippen LogP contribution is 2.38. The van der Waals surface area contributed by atoms with E-state index in [-0.39, 0.29) is 5.54 Å². The Bertz CT molecular complexity index is 358. The minimum absolute atomic E-state index is 0.236. The Morgan fingerprint density at radius 3 is 2.75 bits per heavy atom. The molecule has 2 atom stereocenters. The Morgan fingerprint density at radius 1 is 1.30 bits per heavy atom. The molecule has 1 heterocycles. The summed E-state index contributed by atoms with van der Waals surface area (Å²) in [5.41, 5.74) is 0.238. The number of hydrogen-bond donors (Lipinski definition) is 1. The molecule has 2 fully saturated rings. The van der Waals surface area contributed by atoms with Crippen LogP contribution in [-0.4, -0.2) is 36.6 Å². The van der Waals surface area contributed by atoms with Crippen molar-refractivity contribution in [2.75, 3.05) is 26.2 Å². The van der Waals surface area contributed by atoms with Gasteiger partial charge in [-0.3, -0.25) is 5.32 Å². The number of hydrogen-bond acceptors (Lipinski definition) is 3. The topological polar surface area (TPSA) is 39.1 Å². The molecule has 0 aromatic rings. The fourth-order valence-electron chi connectivity index (χ4n) is 4.28. The first-order valence-electron chi connectivity index (χ1n) is 8.40. The van der Waals surface area contributed by atoms with Gasteiger partial charge in [0.2, 0.25) is 0 Å². The zero-order chi connectivity index (χ0) is 14.6. The maximum absolute atomic E-state index is 9.61. The van der Waals surface area contributed by atoms with Gasteiger partial charge in [-0.25, -0.2) is 0 Å². The Morgan fingerprint density at radius 2 is 2.10 bits per heavy atom. The molecule has 0 aromatic heterocycles. The van der Waals surface area contributed by atoms with Crippen molar-refractivity contribution in [3.05, 3.63) is 0 Å². The van der Waals surface area contributed by atoms with E-state index in [0.29, 0.717) is 11.3 Å². The number of nitriles is 1. The first-order chi connectivity index (χ1) is 9.51. The molecule has 2 unspecified atom stereocenters. The summed E-state index contributed by atoms with van der Waals surface area (Å²) in [6.45, 7) is 11.4. The SMILES string of the molecule is CCNC1(C#N)CCCC1CCN1CCCC(C)(C)C1. The third-order valence-electron chi connectivity index (χ3n) is 5.29. The van der Waals surface area contributed by atoms with E-state index in [1.54, 1.807) is 0 Å². The summed E-state index contributed by atoms with van der Waals surface area (Å²) in [6.07, 6.45) is 7.32. The molecule has 3 nitrogen and oxygen atoms in total. The predicted octanol–water partition coefficient (Wildman–Crippen LogP) is 3.17. The smallest absolute Gasteiger partial charge is 0.109 e. The lowest BCUT2D eigenvalue weighted by atomic mass is 9.83. The van der Waals surface area contributed by atoms with Crippen molar-refractivity contribution in [3.8, 4) is 6.07 Å². The van der Waals surface area contributed by atoms with E-state index < -0.39 is 0 Å². The maximum Gasteiger partial charge on any atom is 0.109 e. The average Bonchev–Trinajstić information content (AvgIpc) is 2.79. The van der Waals surface area contributed by atoms with E-state index in [1.807, 2.05) is 0 Å². The van der Waals surface area contributed by atoms with Gasteiger partial charge in [0, 0.05) is 6.54 Å². The van der Waals surface area contributed by atoms with Gasteiger partial charge in [0.15, 0.2) is 0 Å². The monoisotopic (exact) mass is 277 g/mol. The van der Waals surface area contributed by atoms with Crippen molar-refractivity contribution >= 4 is 0 Å². The van der Waals surface area contributed by atoms with E-state index in [1.165, 1.54) is 51.7 Å². The summed E-state index contributed by atoms with van der Waals surface area (Å²) in [5, 5.41) is 13.1. The van der Waals surface area contributed by atoms with Gasteiger partial charge in [-0.05, 0) is 63.1 Å². The van der Waals surface area contributed by atoms with Gasteiger partial charge in [0.25, 0.3) is 0 Å². The van der Waals surface area contributed by atoms with Gasteiger partial charge in [0.05, 0.1) is 6.07 Å². The molecule has 1 N–H and O–H groups in total. The molecule has 3 heteroatoms. The summed E-state index contributed by atoms with van der Waals surface area (Å²) in [5.74, 6) is 0.539. The molecular formula is C17H31N3. The highest BCUT2D eigenvalue weighted by Gasteiger charge is 2.42. The van der Waals surface area contributed by atoms with Crippen LogP contribution < -0.4 is 5.32 Å². The largest absolute Gasteiger partial charge is 0.303 e. The summed E-state index contributed by atoms with van der Waals surface area (Å²) in [7, 11) is 0. The zero-order valence-electron chi connectivity index (χ0n) is 13.5. The molecule has 1 saturated heterocycles. The molecule has 1 aliphatic carbocycles. The summed E-state index contributed by atoms with van der Waals surface area (Å²) in [6, 6.07) is 2.60. The molecular weight excluding hydrogens is 246 g/mol. The number of likely N-dealkylation sites (tertiary alicyclic amines) is 1. The van der Waals surface area contributed by atoms with Crippen LogP contribution in [-0.2, 0) is 0 Å². The first kappa shape index (κ1) is 15.8. The van der Waals surface area contributed by atoms with Crippen LogP contribution in [0, 0.1) is 22.7 Å². The Balaban J connectivity index is 1.88. The lowest BCUT2D eigenvalue weighted by Gasteiger charge is -2.39. The molecule has 114 valence electrons. The van der Waals surface area contributed by atoms with Crippen LogP contribution in [0.25, 0.3) is 0 Å². The van der Waals surface area contributed by atoms with Crippen molar-refractivity contribution in [1.29, 1.82) is 5.26 Å². The van der Waals surface area contributed by atoms with E-state index in [0.717, 1.165) is 13.0 Å². The molecule has 0 bridgehead atoms. The van der Waals surface area contributed by atoms with Gasteiger partial charge < -0.3 is 4.90 Å². The summed E-state index contributed by atoms with van der Waals surface area (Å²) >= 11 is 0. The van der Waals surface area contributed by atoms with Gasteiger partial charge in [-0.1, -0.05) is 27.2 Å². The number of piperidine rings is 1. The number of nitrogens with one attached hydrogen (secondary N) is 1. The van der Waals surface area contributed by atoms with E-state index in [9.17, 15) is 5.26 Å². The molecule has 2 aliphatic rings. The Kier molecular flexibility index (Phi) is 5.09. The minimum Gasteiger partial charge on any atom is -0.303 e. The fourth-order valence-corrected chi connectivity index (χ4v) is 4.28. The van der Waals surface area contributed by atoms with Crippen LogP contribution in [0.15, 0.2) is 0 Å². The van der Waals surface area contributed by atoms with E-state index in [4.69, 9.17) is 0 Å². The first-order valence-corrected chi connectivity index (χ1v) is 8.40. The van der Waals surface area contributed by atoms with Crippen molar-refractivity contribution in [2.45, 2.75) is 64.8 Å². The molecule has 1 aliphatic heterocycles. The van der Waals surface area contributed by atoms with Crippen LogP contribution in [0.4, 0.5) is 0 Å². The molecule has 0 aromatic carbocycles. The van der Waals surface area contributed by atoms with Crippen LogP contribution >= 0.6 is 0 Å². The van der Waals surface area contributed by atoms with Gasteiger partial charge in [-0.2, -0.15) is 5.26 Å². The average molecular weight is 277 g/mol. The number of nitrogens with zero attached hydrogens (tertiary/aromatic N) is 2. The second-order valence-corrected chi connectivity index (χ2v) is 7.54. The normalized spacial score (nSPS) is 34.0. The van der Waals surface area contributed by atoms with E-state index in [2.05, 4.69) is 37.1 Å². The van der Waals surface area contributed by atoms with Crippen LogP contribution in [0.3, 0.4) is 0 Å². The third kappa shape index (κ3) is 3.54. The predicted molar refractivity (Wildman–Crippen MR) is 83.4 cm³/mol. The van der Waals surface area contributed by atoms with E-state index >= 15 is 0 Å². The van der Waals surface area contributed by atoms with Gasteiger partial charge >= 0.3 is 0 Å². The zero-order valence-corrected chi connectivity index (χ0v) is 13.5. The van der Waals surface area contributed by atoms with Crippen molar-refractivity contribution in [1.82, 2.24) is 10.2 Å². The molecule has 0 spiro atoms. The Labute approximate surface area is 124 Å². The lowest BCUT2D eigenvalue weighted by molar-refractivity contribution is 0.108. The van der Waals surface area contributed by atoms with Gasteiger partial charge in [0.1, 0.15) is 5.54 Å². The van der Waals surface area contributed by atoms with Crippen LogP contribution in [0.1, 0.15) is 59.3 Å². The third-order valence-corrected chi connectivity index (χ3v) is 5.29. The maximum atomic E-state index is 9.61. The summed E-state index contributed by atoms with van der Waals surface area (Å²) < 4.78 is 0. The van der Waals surface area contributed by atoms with Gasteiger partial charge in [-0.15, -0.1) is 0 Å². The van der Waals surface area contributed by atoms with Crippen molar-refractivity contribution < 1.29 is 0 Å². The summed E-state index contributed by atoms with van der Waals surface area (Å²) in [4.78, 5) is 2.62. The second-order valence-electron chi connectivity index (χ2n) is 7.54. The highest BCUT2D eigenvalue weighted by molar-refractivity contribution is 5.14. The molecule has 20 heavy (non-hydrogen) atoms. The second kappa shape index (κ2) is 6.45. The molecule has 2 rings (SSSR count). The Hall–Kier alpha value is -0.590. The fraction of sp³-hybridized carbons (Fsp3) is 0.941.